The van der Waals surface area contributed by atoms with Crippen LogP contribution < -0.4 is 0 Å². The standard InChI is InChI=1S/C64H64O15S/c65-54(36-37-55(66)78-58-56(67)52(43-70-38-45-22-8-1-9-23-45)76-63(75-42-49-30-16-5-17-31-49)60(58)79-62(68)50-32-18-6-19-33-50)71-44-53-57(72-39-46-24-10-2-11-25-46)59(73-40-47-26-12-3-13-27-47)61(74-41-48-28-14-4-15-29-48)64(77-53)80(69)51-34-20-7-21-35-51/h1-35,52-53,56-61,63-64,67H,36-44H2/t52-,53-,56-,57-,58+,59+,60-,61+,63+,64-,80?/m1/s1. The molecule has 1 N–H and O–H groups in total. The van der Waals surface area contributed by atoms with Crippen molar-refractivity contribution in [3.05, 3.63) is 246 Å². The van der Waals surface area contributed by atoms with Crippen molar-refractivity contribution in [1.29, 1.82) is 0 Å². The maximum Gasteiger partial charge on any atom is 0.338 e. The highest BCUT2D eigenvalue weighted by atomic mass is 32.2. The summed E-state index contributed by atoms with van der Waals surface area (Å²) in [6, 6.07) is 64.4. The fraction of sp³-hybridized carbons (Fsp3) is 0.297. The Balaban J connectivity index is 0.937. The van der Waals surface area contributed by atoms with Crippen molar-refractivity contribution in [2.75, 3.05) is 13.2 Å². The number of benzene rings is 7. The van der Waals surface area contributed by atoms with Gasteiger partial charge in [0.15, 0.2) is 23.9 Å². The molecule has 0 aliphatic carbocycles. The van der Waals surface area contributed by atoms with E-state index in [-0.39, 0.29) is 45.2 Å². The zero-order valence-electron chi connectivity index (χ0n) is 43.9. The Morgan fingerprint density at radius 3 is 1.39 bits per heavy atom. The second-order valence-electron chi connectivity index (χ2n) is 19.1. The van der Waals surface area contributed by atoms with E-state index < -0.39 is 109 Å². The molecule has 2 aliphatic rings. The van der Waals surface area contributed by atoms with Crippen LogP contribution in [0.1, 0.15) is 51.0 Å². The average Bonchev–Trinajstić information content (AvgIpc) is 3.59. The van der Waals surface area contributed by atoms with Gasteiger partial charge in [0.1, 0.15) is 43.2 Å². The average molecular weight is 1110 g/mol. The summed E-state index contributed by atoms with van der Waals surface area (Å²) in [6.45, 7) is 0.0326. The fourth-order valence-electron chi connectivity index (χ4n) is 9.21. The van der Waals surface area contributed by atoms with Gasteiger partial charge in [-0.3, -0.25) is 13.8 Å². The number of rotatable bonds is 26. The largest absolute Gasteiger partial charge is 0.463 e. The summed E-state index contributed by atoms with van der Waals surface area (Å²) in [6.07, 6.45) is -12.0. The molecular formula is C64H64O15S. The lowest BCUT2D eigenvalue weighted by molar-refractivity contribution is -0.307. The molecule has 9 rings (SSSR count). The van der Waals surface area contributed by atoms with E-state index in [0.717, 1.165) is 27.8 Å². The minimum atomic E-state index is -1.84. The molecule has 80 heavy (non-hydrogen) atoms. The van der Waals surface area contributed by atoms with Crippen molar-refractivity contribution < 1.29 is 71.1 Å². The number of carbonyl (C=O) groups excluding carboxylic acids is 3. The predicted molar refractivity (Wildman–Crippen MR) is 294 cm³/mol. The van der Waals surface area contributed by atoms with Crippen LogP contribution in [0.2, 0.25) is 0 Å². The van der Waals surface area contributed by atoms with Gasteiger partial charge in [-0.05, 0) is 52.1 Å². The number of carbonyl (C=O) groups is 3. The first-order valence-corrected chi connectivity index (χ1v) is 27.8. The van der Waals surface area contributed by atoms with Gasteiger partial charge in [0.2, 0.25) is 0 Å². The van der Waals surface area contributed by atoms with E-state index in [4.69, 9.17) is 47.4 Å². The lowest BCUT2D eigenvalue weighted by atomic mass is 9.98. The van der Waals surface area contributed by atoms with E-state index in [1.54, 1.807) is 54.6 Å². The smallest absolute Gasteiger partial charge is 0.338 e. The zero-order valence-corrected chi connectivity index (χ0v) is 44.7. The molecule has 2 fully saturated rings. The molecular weight excluding hydrogens is 1040 g/mol. The van der Waals surface area contributed by atoms with Crippen LogP contribution in [0.25, 0.3) is 0 Å². The van der Waals surface area contributed by atoms with Gasteiger partial charge in [0.05, 0.1) is 68.8 Å². The number of hydrogen-bond donors (Lipinski definition) is 1. The predicted octanol–water partition coefficient (Wildman–Crippen LogP) is 9.26. The number of esters is 3. The molecule has 0 saturated carbocycles. The van der Waals surface area contributed by atoms with Crippen molar-refractivity contribution in [3.8, 4) is 0 Å². The van der Waals surface area contributed by atoms with Crippen molar-refractivity contribution in [3.63, 3.8) is 0 Å². The Morgan fingerprint density at radius 2 is 0.863 bits per heavy atom. The van der Waals surface area contributed by atoms with Gasteiger partial charge in [-0.15, -0.1) is 0 Å². The molecule has 0 bridgehead atoms. The molecule has 15 nitrogen and oxygen atoms in total. The zero-order chi connectivity index (χ0) is 55.3. The quantitative estimate of drug-likeness (QED) is 0.0400. The summed E-state index contributed by atoms with van der Waals surface area (Å²) in [4.78, 5) is 42.1. The van der Waals surface area contributed by atoms with Gasteiger partial charge in [-0.2, -0.15) is 0 Å². The highest BCUT2D eigenvalue weighted by Gasteiger charge is 2.52. The lowest BCUT2D eigenvalue weighted by Gasteiger charge is -2.45. The van der Waals surface area contributed by atoms with Gasteiger partial charge in [-0.1, -0.05) is 188 Å². The van der Waals surface area contributed by atoms with E-state index >= 15 is 0 Å². The van der Waals surface area contributed by atoms with E-state index in [1.807, 2.05) is 158 Å². The summed E-state index contributed by atoms with van der Waals surface area (Å²) in [5.74, 6) is -2.49. The highest BCUT2D eigenvalue weighted by molar-refractivity contribution is 7.85. The summed E-state index contributed by atoms with van der Waals surface area (Å²) >= 11 is 0. The monoisotopic (exact) mass is 1100 g/mol. The Bertz CT molecular complexity index is 2980. The van der Waals surface area contributed by atoms with Crippen LogP contribution in [-0.4, -0.2) is 101 Å². The molecule has 0 spiro atoms. The number of hydrogen-bond acceptors (Lipinski definition) is 15. The van der Waals surface area contributed by atoms with Crippen molar-refractivity contribution in [1.82, 2.24) is 0 Å². The Morgan fingerprint density at radius 1 is 0.425 bits per heavy atom. The molecule has 0 amide bonds. The van der Waals surface area contributed by atoms with Crippen LogP contribution in [-0.2, 0) is 101 Å². The first kappa shape index (κ1) is 57.5. The van der Waals surface area contributed by atoms with Crippen LogP contribution in [0.5, 0.6) is 0 Å². The Kier molecular flexibility index (Phi) is 21.4. The third-order valence-corrected chi connectivity index (χ3v) is 14.9. The minimum Gasteiger partial charge on any atom is -0.463 e. The number of aliphatic hydroxyl groups is 1. The SMILES string of the molecule is O=C(CCC(=O)O[C@H]1[C@H](O)[C@@H](COCc2ccccc2)O[C@H](OCc2ccccc2)[C@@H]1OC(=O)c1ccccc1)OC[C@H]1O[C@H](S(=O)c2ccccc2)[C@@H](OCc2ccccc2)[C@@H](OCc2ccccc2)[C@@H]1OCc1ccccc1. The van der Waals surface area contributed by atoms with Crippen molar-refractivity contribution in [2.24, 2.45) is 0 Å². The molecule has 7 aromatic rings. The first-order valence-electron chi connectivity index (χ1n) is 26.6. The molecule has 0 aromatic heterocycles. The van der Waals surface area contributed by atoms with Crippen LogP contribution >= 0.6 is 0 Å². The molecule has 1 unspecified atom stereocenters. The second kappa shape index (κ2) is 29.8. The van der Waals surface area contributed by atoms with E-state index in [2.05, 4.69) is 0 Å². The summed E-state index contributed by atoms with van der Waals surface area (Å²) in [5.41, 5.74) is 3.30. The second-order valence-corrected chi connectivity index (χ2v) is 20.7. The van der Waals surface area contributed by atoms with Crippen molar-refractivity contribution in [2.45, 2.75) is 111 Å². The summed E-state index contributed by atoms with van der Waals surface area (Å²) < 4.78 is 78.2. The highest BCUT2D eigenvalue weighted by Crippen LogP contribution is 2.35. The Hall–Kier alpha value is -7.22. The normalized spacial score (nSPS) is 23.1. The van der Waals surface area contributed by atoms with Gasteiger partial charge in [-0.25, -0.2) is 4.79 Å². The van der Waals surface area contributed by atoms with Crippen LogP contribution in [0, 0.1) is 0 Å². The first-order chi connectivity index (χ1) is 39.3. The molecule has 416 valence electrons. The van der Waals surface area contributed by atoms with Crippen LogP contribution in [0.3, 0.4) is 0 Å². The minimum absolute atomic E-state index is 0.0120. The molecule has 7 aromatic carbocycles. The molecule has 2 aliphatic heterocycles. The molecule has 16 heteroatoms. The summed E-state index contributed by atoms with van der Waals surface area (Å²) in [7, 11) is -1.84. The van der Waals surface area contributed by atoms with Gasteiger partial charge in [0, 0.05) is 4.90 Å². The maximum absolute atomic E-state index is 14.8. The molecule has 11 atom stereocenters. The fourth-order valence-corrected chi connectivity index (χ4v) is 10.6. The van der Waals surface area contributed by atoms with Crippen LogP contribution in [0.4, 0.5) is 0 Å². The van der Waals surface area contributed by atoms with Crippen LogP contribution in [0.15, 0.2) is 217 Å². The molecule has 2 heterocycles. The summed E-state index contributed by atoms with van der Waals surface area (Å²) in [5, 5.41) is 12.0. The van der Waals surface area contributed by atoms with Gasteiger partial charge in [0.25, 0.3) is 0 Å². The Labute approximate surface area is 468 Å². The van der Waals surface area contributed by atoms with Gasteiger partial charge >= 0.3 is 17.9 Å². The maximum atomic E-state index is 14.8. The third kappa shape index (κ3) is 16.4. The lowest BCUT2D eigenvalue weighted by Crippen LogP contribution is -2.62. The van der Waals surface area contributed by atoms with E-state index in [1.165, 1.54) is 0 Å². The van der Waals surface area contributed by atoms with Gasteiger partial charge < -0.3 is 52.5 Å². The van der Waals surface area contributed by atoms with E-state index in [0.29, 0.717) is 4.90 Å². The number of ether oxygens (including phenoxy) is 10. The number of aliphatic hydroxyl groups excluding tert-OH is 1. The van der Waals surface area contributed by atoms with Crippen molar-refractivity contribution >= 4 is 28.7 Å². The topological polar surface area (TPSA) is 181 Å². The molecule has 2 saturated heterocycles. The third-order valence-electron chi connectivity index (χ3n) is 13.4. The molecule has 0 radical (unpaired) electrons. The van der Waals surface area contributed by atoms with E-state index in [9.17, 15) is 23.7 Å².